The van der Waals surface area contributed by atoms with E-state index >= 15 is 0 Å². The lowest BCUT2D eigenvalue weighted by atomic mass is 10.0. The number of aryl methyl sites for hydroxylation is 2. The van der Waals surface area contributed by atoms with E-state index in [2.05, 4.69) is 17.9 Å². The molecule has 1 aromatic rings. The molecule has 2 N–H and O–H groups in total. The zero-order valence-electron chi connectivity index (χ0n) is 12.0. The van der Waals surface area contributed by atoms with Crippen molar-refractivity contribution in [1.82, 2.24) is 4.90 Å². The number of nitrogens with zero attached hydrogens (tertiary/aromatic N) is 1. The Bertz CT molecular complexity index is 427. The summed E-state index contributed by atoms with van der Waals surface area (Å²) in [5.41, 5.74) is 3.40. The average molecular weight is 263 g/mol. The predicted molar refractivity (Wildman–Crippen MR) is 77.3 cm³/mol. The molecular formula is C16H25NO2. The summed E-state index contributed by atoms with van der Waals surface area (Å²) >= 11 is 0. The van der Waals surface area contributed by atoms with Crippen LogP contribution in [0.1, 0.15) is 42.4 Å². The molecule has 0 atom stereocenters. The van der Waals surface area contributed by atoms with Gasteiger partial charge in [0, 0.05) is 24.8 Å². The molecule has 0 amide bonds. The van der Waals surface area contributed by atoms with E-state index in [9.17, 15) is 5.11 Å². The maximum Gasteiger partial charge on any atom is 0.120 e. The second-order valence-corrected chi connectivity index (χ2v) is 5.70. The van der Waals surface area contributed by atoms with E-state index in [0.717, 1.165) is 37.1 Å². The lowest BCUT2D eigenvalue weighted by molar-refractivity contribution is 0.227. The largest absolute Gasteiger partial charge is 0.508 e. The van der Waals surface area contributed by atoms with Crippen molar-refractivity contribution in [3.8, 4) is 5.75 Å². The Kier molecular flexibility index (Phi) is 4.83. The molecule has 0 radical (unpaired) electrons. The first-order valence-corrected chi connectivity index (χ1v) is 7.26. The molecule has 0 heterocycles. The maximum absolute atomic E-state index is 10.1. The van der Waals surface area contributed by atoms with Crippen LogP contribution in [-0.4, -0.2) is 34.3 Å². The summed E-state index contributed by atoms with van der Waals surface area (Å²) in [5.74, 6) is 0.413. The number of hydrogen-bond acceptors (Lipinski definition) is 3. The summed E-state index contributed by atoms with van der Waals surface area (Å²) < 4.78 is 0. The van der Waals surface area contributed by atoms with Crippen LogP contribution in [0.15, 0.2) is 12.1 Å². The number of aromatic hydroxyl groups is 1. The number of aliphatic hydroxyl groups is 1. The summed E-state index contributed by atoms with van der Waals surface area (Å²) in [7, 11) is 0. The first kappa shape index (κ1) is 14.4. The minimum Gasteiger partial charge on any atom is -0.508 e. The van der Waals surface area contributed by atoms with Crippen molar-refractivity contribution >= 4 is 0 Å². The Labute approximate surface area is 115 Å². The molecule has 2 rings (SSSR count). The van der Waals surface area contributed by atoms with Gasteiger partial charge in [-0.1, -0.05) is 6.07 Å². The van der Waals surface area contributed by atoms with Crippen LogP contribution in [0.3, 0.4) is 0 Å². The highest BCUT2D eigenvalue weighted by molar-refractivity contribution is 5.40. The number of rotatable bonds is 7. The van der Waals surface area contributed by atoms with Gasteiger partial charge in [-0.3, -0.25) is 4.90 Å². The molecule has 106 valence electrons. The SMILES string of the molecule is Cc1cc(O)c(CN(CCCCO)C2CC2)cc1C. The van der Waals surface area contributed by atoms with Crippen LogP contribution in [0.5, 0.6) is 5.75 Å². The van der Waals surface area contributed by atoms with Gasteiger partial charge in [-0.2, -0.15) is 0 Å². The highest BCUT2D eigenvalue weighted by atomic mass is 16.3. The predicted octanol–water partition coefficient (Wildman–Crippen LogP) is 2.75. The standard InChI is InChI=1S/C16H25NO2/c1-12-9-14(16(19)10-13(12)2)11-17(15-5-6-15)7-3-4-8-18/h9-10,15,18-19H,3-8,11H2,1-2H3. The third-order valence-electron chi connectivity index (χ3n) is 3.99. The summed E-state index contributed by atoms with van der Waals surface area (Å²) in [6, 6.07) is 4.65. The lowest BCUT2D eigenvalue weighted by Crippen LogP contribution is -2.27. The van der Waals surface area contributed by atoms with E-state index in [4.69, 9.17) is 5.11 Å². The second kappa shape index (κ2) is 6.40. The van der Waals surface area contributed by atoms with Crippen molar-refractivity contribution in [2.75, 3.05) is 13.2 Å². The van der Waals surface area contributed by atoms with Gasteiger partial charge in [-0.25, -0.2) is 0 Å². The normalized spacial score (nSPS) is 15.2. The Morgan fingerprint density at radius 3 is 2.47 bits per heavy atom. The van der Waals surface area contributed by atoms with Gasteiger partial charge in [-0.05, 0) is 63.3 Å². The summed E-state index contributed by atoms with van der Waals surface area (Å²) in [4.78, 5) is 2.44. The fourth-order valence-corrected chi connectivity index (χ4v) is 2.46. The minimum atomic E-state index is 0.271. The van der Waals surface area contributed by atoms with E-state index in [0.29, 0.717) is 11.8 Å². The van der Waals surface area contributed by atoms with Crippen molar-refractivity contribution in [2.24, 2.45) is 0 Å². The van der Waals surface area contributed by atoms with Gasteiger partial charge in [-0.15, -0.1) is 0 Å². The molecule has 1 aromatic carbocycles. The molecule has 1 saturated carbocycles. The lowest BCUT2D eigenvalue weighted by Gasteiger charge is -2.23. The average Bonchev–Trinajstić information content (AvgIpc) is 3.19. The Balaban J connectivity index is 2.02. The van der Waals surface area contributed by atoms with Crippen molar-refractivity contribution < 1.29 is 10.2 Å². The number of benzene rings is 1. The molecule has 0 unspecified atom stereocenters. The van der Waals surface area contributed by atoms with Gasteiger partial charge in [0.05, 0.1) is 0 Å². The van der Waals surface area contributed by atoms with E-state index in [1.165, 1.54) is 18.4 Å². The van der Waals surface area contributed by atoms with Crippen LogP contribution in [0.2, 0.25) is 0 Å². The van der Waals surface area contributed by atoms with E-state index in [-0.39, 0.29) is 6.61 Å². The van der Waals surface area contributed by atoms with Crippen LogP contribution in [0.25, 0.3) is 0 Å². The number of phenols is 1. The van der Waals surface area contributed by atoms with Crippen LogP contribution in [0.4, 0.5) is 0 Å². The highest BCUT2D eigenvalue weighted by Gasteiger charge is 2.28. The third kappa shape index (κ3) is 3.95. The Morgan fingerprint density at radius 2 is 1.84 bits per heavy atom. The smallest absolute Gasteiger partial charge is 0.120 e. The molecule has 0 saturated heterocycles. The van der Waals surface area contributed by atoms with Crippen LogP contribution in [0, 0.1) is 13.8 Å². The fourth-order valence-electron chi connectivity index (χ4n) is 2.46. The third-order valence-corrected chi connectivity index (χ3v) is 3.99. The van der Waals surface area contributed by atoms with Crippen molar-refractivity contribution in [3.05, 3.63) is 28.8 Å². The van der Waals surface area contributed by atoms with E-state index in [1.807, 2.05) is 13.0 Å². The zero-order chi connectivity index (χ0) is 13.8. The molecule has 0 aliphatic heterocycles. The molecule has 3 nitrogen and oxygen atoms in total. The molecule has 1 aliphatic rings. The van der Waals surface area contributed by atoms with Crippen molar-refractivity contribution in [2.45, 2.75) is 52.1 Å². The highest BCUT2D eigenvalue weighted by Crippen LogP contribution is 2.31. The minimum absolute atomic E-state index is 0.271. The molecule has 1 aliphatic carbocycles. The summed E-state index contributed by atoms with van der Waals surface area (Å²) in [5, 5.41) is 18.9. The van der Waals surface area contributed by atoms with Crippen molar-refractivity contribution in [3.63, 3.8) is 0 Å². The maximum atomic E-state index is 10.1. The molecule has 0 spiro atoms. The molecule has 19 heavy (non-hydrogen) atoms. The molecule has 1 fully saturated rings. The second-order valence-electron chi connectivity index (χ2n) is 5.70. The van der Waals surface area contributed by atoms with Crippen LogP contribution in [-0.2, 0) is 6.54 Å². The molecular weight excluding hydrogens is 238 g/mol. The Morgan fingerprint density at radius 1 is 1.16 bits per heavy atom. The van der Waals surface area contributed by atoms with Crippen LogP contribution < -0.4 is 0 Å². The summed E-state index contributed by atoms with van der Waals surface area (Å²) in [6.07, 6.45) is 4.43. The van der Waals surface area contributed by atoms with Gasteiger partial charge in [0.1, 0.15) is 5.75 Å². The zero-order valence-corrected chi connectivity index (χ0v) is 12.0. The first-order chi connectivity index (χ1) is 9.11. The summed E-state index contributed by atoms with van der Waals surface area (Å²) in [6.45, 7) is 6.22. The Hall–Kier alpha value is -1.06. The van der Waals surface area contributed by atoms with Gasteiger partial charge in [0.2, 0.25) is 0 Å². The fraction of sp³-hybridized carbons (Fsp3) is 0.625. The molecule has 0 bridgehead atoms. The van der Waals surface area contributed by atoms with Gasteiger partial charge in [0.15, 0.2) is 0 Å². The van der Waals surface area contributed by atoms with Gasteiger partial charge in [0.25, 0.3) is 0 Å². The van der Waals surface area contributed by atoms with Crippen molar-refractivity contribution in [1.29, 1.82) is 0 Å². The van der Waals surface area contributed by atoms with E-state index in [1.54, 1.807) is 0 Å². The number of aliphatic hydroxyl groups excluding tert-OH is 1. The van der Waals surface area contributed by atoms with E-state index < -0.39 is 0 Å². The topological polar surface area (TPSA) is 43.7 Å². The van der Waals surface area contributed by atoms with Gasteiger partial charge < -0.3 is 10.2 Å². The molecule has 3 heteroatoms. The molecule has 0 aromatic heterocycles. The first-order valence-electron chi connectivity index (χ1n) is 7.26. The quantitative estimate of drug-likeness (QED) is 0.743. The number of phenolic OH excluding ortho intramolecular Hbond substituents is 1. The number of hydrogen-bond donors (Lipinski definition) is 2. The number of unbranched alkanes of at least 4 members (excludes halogenated alkanes) is 1. The monoisotopic (exact) mass is 263 g/mol. The van der Waals surface area contributed by atoms with Gasteiger partial charge >= 0.3 is 0 Å². The van der Waals surface area contributed by atoms with Crippen LogP contribution >= 0.6 is 0 Å².